The monoisotopic (exact) mass is 545 g/mol. The van der Waals surface area contributed by atoms with Crippen LogP contribution in [0, 0.1) is 0 Å². The largest absolute Gasteiger partial charge is 0.481 e. The van der Waals surface area contributed by atoms with Crippen molar-refractivity contribution in [2.24, 2.45) is 0 Å². The van der Waals surface area contributed by atoms with Gasteiger partial charge in [-0.2, -0.15) is 0 Å². The van der Waals surface area contributed by atoms with Gasteiger partial charge in [-0.3, -0.25) is 4.79 Å². The fourth-order valence-electron chi connectivity index (χ4n) is 4.98. The maximum Gasteiger partial charge on any atom is 0.220 e. The molecular formula is C31H29Cl2N3O2. The summed E-state index contributed by atoms with van der Waals surface area (Å²) in [5.41, 5.74) is 12.7. The van der Waals surface area contributed by atoms with Crippen molar-refractivity contribution in [1.82, 2.24) is 10.3 Å². The van der Waals surface area contributed by atoms with E-state index in [1.807, 2.05) is 72.8 Å². The summed E-state index contributed by atoms with van der Waals surface area (Å²) in [5, 5.41) is 4.22. The first-order chi connectivity index (χ1) is 18.4. The smallest absolute Gasteiger partial charge is 0.220 e. The number of carbonyl (C=O) groups excluding carboxylic acids is 1. The highest BCUT2D eigenvalue weighted by Crippen LogP contribution is 2.42. The fraction of sp³-hybridized carbons (Fsp3) is 0.226. The second-order valence-corrected chi connectivity index (χ2v) is 10.3. The lowest BCUT2D eigenvalue weighted by Gasteiger charge is -2.15. The molecule has 0 radical (unpaired) electrons. The normalized spacial score (nSPS) is 14.9. The minimum atomic E-state index is 0.149. The zero-order chi connectivity index (χ0) is 26.6. The number of methoxy groups -OCH3 is 1. The van der Waals surface area contributed by atoms with Crippen LogP contribution in [-0.2, 0) is 11.2 Å². The molecule has 1 aliphatic rings. The zero-order valence-electron chi connectivity index (χ0n) is 21.1. The summed E-state index contributed by atoms with van der Waals surface area (Å²) in [5.74, 6) is 0.735. The van der Waals surface area contributed by atoms with Gasteiger partial charge in [-0.1, -0.05) is 77.8 Å². The van der Waals surface area contributed by atoms with Crippen molar-refractivity contribution in [2.45, 2.75) is 38.1 Å². The van der Waals surface area contributed by atoms with Gasteiger partial charge >= 0.3 is 0 Å². The molecule has 1 atom stereocenters. The van der Waals surface area contributed by atoms with Gasteiger partial charge in [0.15, 0.2) is 0 Å². The van der Waals surface area contributed by atoms with E-state index in [-0.39, 0.29) is 11.9 Å². The number of carbonyl (C=O) groups is 1. The molecule has 4 aromatic rings. The van der Waals surface area contributed by atoms with Gasteiger partial charge in [-0.05, 0) is 49.4 Å². The van der Waals surface area contributed by atoms with E-state index in [2.05, 4.69) is 5.32 Å². The van der Waals surface area contributed by atoms with E-state index in [0.29, 0.717) is 28.0 Å². The van der Waals surface area contributed by atoms with Crippen LogP contribution in [0.15, 0.2) is 72.8 Å². The van der Waals surface area contributed by atoms with Crippen molar-refractivity contribution in [3.05, 3.63) is 88.4 Å². The third kappa shape index (κ3) is 5.50. The van der Waals surface area contributed by atoms with Crippen molar-refractivity contribution >= 4 is 34.8 Å². The SMILES string of the molecule is COc1nc(-c2cccc(-c3cccc(-c4ccc(N)cc4)c3Cl)c2Cl)ccc1CCC[C@@H]1CCC(=O)N1. The van der Waals surface area contributed by atoms with Crippen LogP contribution in [-0.4, -0.2) is 24.0 Å². The molecule has 5 nitrogen and oxygen atoms in total. The number of nitrogens with zero attached hydrogens (tertiary/aromatic N) is 1. The lowest BCUT2D eigenvalue weighted by atomic mass is 9.96. The maximum atomic E-state index is 11.4. The molecule has 0 aliphatic carbocycles. The molecular weight excluding hydrogens is 517 g/mol. The number of nitrogen functional groups attached to an aromatic ring is 1. The van der Waals surface area contributed by atoms with Gasteiger partial charge in [0.2, 0.25) is 11.8 Å². The lowest BCUT2D eigenvalue weighted by Crippen LogP contribution is -2.25. The third-order valence-electron chi connectivity index (χ3n) is 7.00. The lowest BCUT2D eigenvalue weighted by molar-refractivity contribution is -0.119. The molecule has 2 heterocycles. The van der Waals surface area contributed by atoms with E-state index in [0.717, 1.165) is 64.8 Å². The number of benzene rings is 3. The first-order valence-corrected chi connectivity index (χ1v) is 13.5. The van der Waals surface area contributed by atoms with Crippen molar-refractivity contribution < 1.29 is 9.53 Å². The molecule has 0 bridgehead atoms. The highest BCUT2D eigenvalue weighted by molar-refractivity contribution is 6.39. The molecule has 1 aliphatic heterocycles. The summed E-state index contributed by atoms with van der Waals surface area (Å²) in [6, 6.07) is 23.7. The van der Waals surface area contributed by atoms with Gasteiger partial charge in [0.25, 0.3) is 0 Å². The number of hydrogen-bond donors (Lipinski definition) is 2. The third-order valence-corrected chi connectivity index (χ3v) is 7.82. The van der Waals surface area contributed by atoms with Crippen molar-refractivity contribution in [1.29, 1.82) is 0 Å². The van der Waals surface area contributed by atoms with Gasteiger partial charge in [0.05, 0.1) is 22.8 Å². The second-order valence-electron chi connectivity index (χ2n) is 9.52. The van der Waals surface area contributed by atoms with Crippen molar-refractivity contribution in [3.63, 3.8) is 0 Å². The number of aryl methyl sites for hydroxylation is 1. The van der Waals surface area contributed by atoms with Crippen LogP contribution in [0.2, 0.25) is 10.0 Å². The van der Waals surface area contributed by atoms with E-state index in [4.69, 9.17) is 38.7 Å². The van der Waals surface area contributed by atoms with Crippen LogP contribution in [0.3, 0.4) is 0 Å². The molecule has 0 spiro atoms. The summed E-state index contributed by atoms with van der Waals surface area (Å²) >= 11 is 13.9. The summed E-state index contributed by atoms with van der Waals surface area (Å²) < 4.78 is 5.64. The van der Waals surface area contributed by atoms with E-state index < -0.39 is 0 Å². The average molecular weight is 546 g/mol. The van der Waals surface area contributed by atoms with Crippen LogP contribution in [0.25, 0.3) is 33.5 Å². The highest BCUT2D eigenvalue weighted by Gasteiger charge is 2.21. The van der Waals surface area contributed by atoms with E-state index in [9.17, 15) is 4.79 Å². The minimum absolute atomic E-state index is 0.149. The van der Waals surface area contributed by atoms with E-state index >= 15 is 0 Å². The molecule has 5 rings (SSSR count). The number of pyridine rings is 1. The van der Waals surface area contributed by atoms with Crippen LogP contribution >= 0.6 is 23.2 Å². The van der Waals surface area contributed by atoms with Gasteiger partial charge in [-0.15, -0.1) is 0 Å². The maximum absolute atomic E-state index is 11.4. The highest BCUT2D eigenvalue weighted by atomic mass is 35.5. The Balaban J connectivity index is 1.42. The number of halogens is 2. The zero-order valence-corrected chi connectivity index (χ0v) is 22.6. The Labute approximate surface area is 233 Å². The number of ether oxygens (including phenoxy) is 1. The fourth-order valence-corrected chi connectivity index (χ4v) is 5.64. The summed E-state index contributed by atoms with van der Waals surface area (Å²) in [7, 11) is 1.63. The molecule has 3 aromatic carbocycles. The molecule has 7 heteroatoms. The minimum Gasteiger partial charge on any atom is -0.481 e. The Kier molecular flexibility index (Phi) is 7.87. The average Bonchev–Trinajstić information content (AvgIpc) is 3.35. The van der Waals surface area contributed by atoms with Gasteiger partial charge in [0, 0.05) is 46.0 Å². The summed E-state index contributed by atoms with van der Waals surface area (Å²) in [4.78, 5) is 16.2. The van der Waals surface area contributed by atoms with Gasteiger partial charge < -0.3 is 15.8 Å². The predicted octanol–water partition coefficient (Wildman–Crippen LogP) is 7.58. The number of nitrogens with one attached hydrogen (secondary N) is 1. The van der Waals surface area contributed by atoms with Crippen molar-refractivity contribution in [2.75, 3.05) is 12.8 Å². The standard InChI is InChI=1S/C31H29Cl2N3O2/c1-38-31-20(5-2-6-22-16-18-28(37)35-22)13-17-27(36-31)26-10-4-9-25(30(26)33)24-8-3-7-23(29(24)32)19-11-14-21(34)15-12-19/h3-4,7-15,17,22H,2,5-6,16,18,34H2,1H3,(H,35,37)/t22-/m1/s1. The first kappa shape index (κ1) is 26.1. The number of nitrogens with two attached hydrogens (primary N) is 1. The predicted molar refractivity (Wildman–Crippen MR) is 156 cm³/mol. The van der Waals surface area contributed by atoms with Crippen LogP contribution in [0.5, 0.6) is 5.88 Å². The molecule has 194 valence electrons. The Morgan fingerprint density at radius 1 is 0.921 bits per heavy atom. The molecule has 1 aromatic heterocycles. The number of amides is 1. The quantitative estimate of drug-likeness (QED) is 0.223. The Morgan fingerprint density at radius 2 is 1.58 bits per heavy atom. The van der Waals surface area contributed by atoms with Crippen molar-refractivity contribution in [3.8, 4) is 39.4 Å². The van der Waals surface area contributed by atoms with Crippen LogP contribution < -0.4 is 15.8 Å². The summed E-state index contributed by atoms with van der Waals surface area (Å²) in [6.45, 7) is 0. The molecule has 3 N–H and O–H groups in total. The number of anilines is 1. The first-order valence-electron chi connectivity index (χ1n) is 12.7. The van der Waals surface area contributed by atoms with E-state index in [1.54, 1.807) is 7.11 Å². The molecule has 1 amide bonds. The summed E-state index contributed by atoms with van der Waals surface area (Å²) in [6.07, 6.45) is 4.25. The molecule has 1 saturated heterocycles. The number of hydrogen-bond acceptors (Lipinski definition) is 4. The van der Waals surface area contributed by atoms with Gasteiger partial charge in [-0.25, -0.2) is 4.98 Å². The molecule has 0 saturated carbocycles. The van der Waals surface area contributed by atoms with Crippen LogP contribution in [0.1, 0.15) is 31.2 Å². The number of rotatable bonds is 8. The Hall–Kier alpha value is -3.54. The molecule has 0 unspecified atom stereocenters. The topological polar surface area (TPSA) is 77.2 Å². The Bertz CT molecular complexity index is 1470. The van der Waals surface area contributed by atoms with E-state index in [1.165, 1.54) is 0 Å². The molecule has 38 heavy (non-hydrogen) atoms. The number of aromatic nitrogens is 1. The van der Waals surface area contributed by atoms with Crippen LogP contribution in [0.4, 0.5) is 5.69 Å². The second kappa shape index (κ2) is 11.5. The molecule has 1 fully saturated rings. The van der Waals surface area contributed by atoms with Gasteiger partial charge in [0.1, 0.15) is 0 Å². The Morgan fingerprint density at radius 3 is 2.24 bits per heavy atom.